The molecule has 0 saturated heterocycles. The van der Waals surface area contributed by atoms with Gasteiger partial charge in [-0.25, -0.2) is 4.98 Å². The first-order chi connectivity index (χ1) is 11.1. The molecule has 5 nitrogen and oxygen atoms in total. The van der Waals surface area contributed by atoms with Gasteiger partial charge in [-0.15, -0.1) is 0 Å². The molecule has 1 heterocycles. The molecule has 0 aliphatic carbocycles. The highest BCUT2D eigenvalue weighted by Crippen LogP contribution is 2.17. The number of benzene rings is 1. The van der Waals surface area contributed by atoms with E-state index in [1.54, 1.807) is 6.20 Å². The fourth-order valence-corrected chi connectivity index (χ4v) is 2.57. The van der Waals surface area contributed by atoms with Crippen molar-refractivity contribution in [3.8, 4) is 0 Å². The minimum absolute atomic E-state index is 0.0466. The smallest absolute Gasteiger partial charge is 0.243 e. The molecule has 6 heteroatoms. The number of hydrogen-bond donors (Lipinski definition) is 2. The molecule has 0 atom stereocenters. The highest BCUT2D eigenvalue weighted by Gasteiger charge is 2.08. The number of nitrogens with zero attached hydrogens (tertiary/aromatic N) is 1. The van der Waals surface area contributed by atoms with Crippen LogP contribution in [-0.2, 0) is 9.59 Å². The average molecular weight is 329 g/mol. The summed E-state index contributed by atoms with van der Waals surface area (Å²) in [6.07, 6.45) is 1.68. The van der Waals surface area contributed by atoms with Gasteiger partial charge in [0.05, 0.1) is 17.3 Å². The number of carbonyl (C=O) groups is 2. The van der Waals surface area contributed by atoms with E-state index in [2.05, 4.69) is 15.6 Å². The maximum absolute atomic E-state index is 11.9. The van der Waals surface area contributed by atoms with E-state index in [-0.39, 0.29) is 24.1 Å². The van der Waals surface area contributed by atoms with Gasteiger partial charge in [-0.05, 0) is 43.2 Å². The number of pyridine rings is 1. The molecule has 0 bridgehead atoms. The predicted molar refractivity (Wildman–Crippen MR) is 92.5 cm³/mol. The van der Waals surface area contributed by atoms with Crippen molar-refractivity contribution in [2.24, 2.45) is 0 Å². The molecule has 0 saturated carbocycles. The van der Waals surface area contributed by atoms with Gasteiger partial charge >= 0.3 is 0 Å². The number of aromatic nitrogens is 1. The summed E-state index contributed by atoms with van der Waals surface area (Å²) in [5.41, 5.74) is 2.91. The van der Waals surface area contributed by atoms with Crippen molar-refractivity contribution in [1.82, 2.24) is 10.3 Å². The van der Waals surface area contributed by atoms with E-state index in [1.807, 2.05) is 50.2 Å². The third-order valence-electron chi connectivity index (χ3n) is 3.31. The number of hydrogen-bond acceptors (Lipinski definition) is 4. The number of anilines is 1. The predicted octanol–water partition coefficient (Wildman–Crippen LogP) is 2.55. The van der Waals surface area contributed by atoms with Crippen molar-refractivity contribution >= 4 is 29.3 Å². The second-order valence-electron chi connectivity index (χ2n) is 5.03. The first-order valence-corrected chi connectivity index (χ1v) is 8.21. The molecule has 0 unspecified atom stereocenters. The number of rotatable bonds is 6. The van der Waals surface area contributed by atoms with Gasteiger partial charge in [-0.1, -0.05) is 30.0 Å². The molecule has 0 radical (unpaired) electrons. The van der Waals surface area contributed by atoms with Crippen LogP contribution in [0.4, 0.5) is 5.69 Å². The normalized spacial score (nSPS) is 10.2. The van der Waals surface area contributed by atoms with E-state index < -0.39 is 0 Å². The Morgan fingerprint density at radius 2 is 1.91 bits per heavy atom. The molecule has 2 rings (SSSR count). The summed E-state index contributed by atoms with van der Waals surface area (Å²) in [5, 5.41) is 6.19. The van der Waals surface area contributed by atoms with Crippen LogP contribution in [0.3, 0.4) is 0 Å². The summed E-state index contributed by atoms with van der Waals surface area (Å²) in [4.78, 5) is 27.8. The molecule has 23 heavy (non-hydrogen) atoms. The Bertz CT molecular complexity index is 689. The Hall–Kier alpha value is -2.34. The molecule has 2 N–H and O–H groups in total. The number of amides is 2. The summed E-state index contributed by atoms with van der Waals surface area (Å²) in [7, 11) is 0. The topological polar surface area (TPSA) is 71.1 Å². The SMILES string of the molecule is Cc1cccc(NC(=O)CNC(=O)CSc2ccccn2)c1C. The Morgan fingerprint density at radius 3 is 2.65 bits per heavy atom. The third kappa shape index (κ3) is 5.41. The highest BCUT2D eigenvalue weighted by molar-refractivity contribution is 7.99. The number of nitrogens with one attached hydrogen (secondary N) is 2. The molecule has 0 aliphatic heterocycles. The van der Waals surface area contributed by atoms with Gasteiger partial charge < -0.3 is 10.6 Å². The standard InChI is InChI=1S/C17H19N3O2S/c1-12-6-5-7-14(13(12)2)20-15(21)10-19-16(22)11-23-17-8-3-4-9-18-17/h3-9H,10-11H2,1-2H3,(H,19,22)(H,20,21). The second-order valence-corrected chi connectivity index (χ2v) is 6.02. The molecule has 0 fully saturated rings. The van der Waals surface area contributed by atoms with E-state index in [9.17, 15) is 9.59 Å². The molecule has 1 aromatic carbocycles. The van der Waals surface area contributed by atoms with Crippen molar-refractivity contribution < 1.29 is 9.59 Å². The largest absolute Gasteiger partial charge is 0.346 e. The lowest BCUT2D eigenvalue weighted by atomic mass is 10.1. The zero-order valence-corrected chi connectivity index (χ0v) is 13.9. The Kier molecular flexibility index (Phi) is 6.17. The van der Waals surface area contributed by atoms with E-state index in [0.717, 1.165) is 21.8 Å². The minimum atomic E-state index is -0.241. The first-order valence-electron chi connectivity index (χ1n) is 7.23. The maximum Gasteiger partial charge on any atom is 0.243 e. The van der Waals surface area contributed by atoms with Crippen LogP contribution >= 0.6 is 11.8 Å². The lowest BCUT2D eigenvalue weighted by Gasteiger charge is -2.10. The number of aryl methyl sites for hydroxylation is 1. The van der Waals surface area contributed by atoms with Gasteiger partial charge in [0.15, 0.2) is 0 Å². The van der Waals surface area contributed by atoms with Crippen molar-refractivity contribution in [3.05, 3.63) is 53.7 Å². The average Bonchev–Trinajstić information content (AvgIpc) is 2.56. The zero-order valence-electron chi connectivity index (χ0n) is 13.1. The van der Waals surface area contributed by atoms with E-state index in [0.29, 0.717) is 0 Å². The fraction of sp³-hybridized carbons (Fsp3) is 0.235. The van der Waals surface area contributed by atoms with Crippen LogP contribution in [0, 0.1) is 13.8 Å². The quantitative estimate of drug-likeness (QED) is 0.799. The van der Waals surface area contributed by atoms with Gasteiger partial charge in [0.25, 0.3) is 0 Å². The molecular weight excluding hydrogens is 310 g/mol. The van der Waals surface area contributed by atoms with Crippen molar-refractivity contribution in [2.75, 3.05) is 17.6 Å². The van der Waals surface area contributed by atoms with Crippen LogP contribution in [0.1, 0.15) is 11.1 Å². The van der Waals surface area contributed by atoms with Gasteiger partial charge in [0.1, 0.15) is 0 Å². The zero-order chi connectivity index (χ0) is 16.7. The minimum Gasteiger partial charge on any atom is -0.346 e. The monoisotopic (exact) mass is 329 g/mol. The van der Waals surface area contributed by atoms with E-state index >= 15 is 0 Å². The van der Waals surface area contributed by atoms with Crippen LogP contribution in [-0.4, -0.2) is 29.1 Å². The Labute approximate surface area is 139 Å². The molecule has 0 aliphatic rings. The van der Waals surface area contributed by atoms with E-state index in [4.69, 9.17) is 0 Å². The lowest BCUT2D eigenvalue weighted by Crippen LogP contribution is -2.34. The third-order valence-corrected chi connectivity index (χ3v) is 4.26. The van der Waals surface area contributed by atoms with E-state index in [1.165, 1.54) is 11.8 Å². The molecule has 2 aromatic rings. The summed E-state index contributed by atoms with van der Waals surface area (Å²) >= 11 is 1.33. The second kappa shape index (κ2) is 8.33. The summed E-state index contributed by atoms with van der Waals surface area (Å²) in [6.45, 7) is 3.89. The molecule has 120 valence electrons. The maximum atomic E-state index is 11.9. The van der Waals surface area contributed by atoms with Crippen molar-refractivity contribution in [2.45, 2.75) is 18.9 Å². The van der Waals surface area contributed by atoms with Crippen LogP contribution in [0.2, 0.25) is 0 Å². The van der Waals surface area contributed by atoms with Gasteiger partial charge in [0, 0.05) is 11.9 Å². The van der Waals surface area contributed by atoms with Crippen LogP contribution in [0.5, 0.6) is 0 Å². The molecular formula is C17H19N3O2S. The van der Waals surface area contributed by atoms with Gasteiger partial charge in [-0.3, -0.25) is 9.59 Å². The Balaban J connectivity index is 1.75. The Morgan fingerprint density at radius 1 is 1.09 bits per heavy atom. The lowest BCUT2D eigenvalue weighted by molar-refractivity contribution is -0.122. The van der Waals surface area contributed by atoms with Crippen LogP contribution < -0.4 is 10.6 Å². The first kappa shape index (κ1) is 17.0. The fourth-order valence-electron chi connectivity index (χ4n) is 1.88. The van der Waals surface area contributed by atoms with Crippen molar-refractivity contribution in [1.29, 1.82) is 0 Å². The summed E-state index contributed by atoms with van der Waals surface area (Å²) in [6, 6.07) is 11.2. The van der Waals surface area contributed by atoms with Gasteiger partial charge in [0.2, 0.25) is 11.8 Å². The molecule has 0 spiro atoms. The summed E-state index contributed by atoms with van der Waals surface area (Å²) in [5.74, 6) is -0.208. The van der Waals surface area contributed by atoms with Crippen LogP contribution in [0.25, 0.3) is 0 Å². The molecule has 1 aromatic heterocycles. The van der Waals surface area contributed by atoms with Crippen molar-refractivity contribution in [3.63, 3.8) is 0 Å². The highest BCUT2D eigenvalue weighted by atomic mass is 32.2. The number of thioether (sulfide) groups is 1. The van der Waals surface area contributed by atoms with Gasteiger partial charge in [-0.2, -0.15) is 0 Å². The molecule has 2 amide bonds. The van der Waals surface area contributed by atoms with Crippen LogP contribution in [0.15, 0.2) is 47.6 Å². The number of carbonyl (C=O) groups excluding carboxylic acids is 2. The summed E-state index contributed by atoms with van der Waals surface area (Å²) < 4.78 is 0.